The number of aromatic nitrogens is 4. The maximum absolute atomic E-state index is 13.9. The first kappa shape index (κ1) is 35.2. The molecule has 0 fully saturated rings. The molecule has 12 heteroatoms. The highest BCUT2D eigenvalue weighted by Crippen LogP contribution is 2.47. The van der Waals surface area contributed by atoms with E-state index in [0.29, 0.717) is 42.6 Å². The van der Waals surface area contributed by atoms with Gasteiger partial charge in [-0.3, -0.25) is 9.78 Å². The summed E-state index contributed by atoms with van der Waals surface area (Å²) in [7, 11) is 3.39. The second kappa shape index (κ2) is 14.5. The monoisotopic (exact) mass is 750 g/mol. The van der Waals surface area contributed by atoms with Gasteiger partial charge in [0.15, 0.2) is 11.6 Å². The van der Waals surface area contributed by atoms with Crippen molar-refractivity contribution in [2.24, 2.45) is 0 Å². The Bertz CT molecular complexity index is 2370. The molecule has 0 saturated heterocycles. The lowest BCUT2D eigenvalue weighted by Gasteiger charge is -2.18. The van der Waals surface area contributed by atoms with Gasteiger partial charge in [0.2, 0.25) is 11.8 Å². The molecule has 53 heavy (non-hydrogen) atoms. The summed E-state index contributed by atoms with van der Waals surface area (Å²) < 4.78 is 25.2. The number of methoxy groups -OCH3 is 1. The van der Waals surface area contributed by atoms with Crippen LogP contribution in [0.25, 0.3) is 32.0 Å². The molecule has 0 spiro atoms. The summed E-state index contributed by atoms with van der Waals surface area (Å²) >= 11 is 7.93. The van der Waals surface area contributed by atoms with Gasteiger partial charge in [0.05, 0.1) is 40.9 Å². The molecule has 1 amide bonds. The summed E-state index contributed by atoms with van der Waals surface area (Å²) in [5.74, 6) is 2.15. The number of pyridine rings is 2. The number of carbonyl (C=O) groups excluding carboxylic acids is 1. The van der Waals surface area contributed by atoms with Crippen LogP contribution in [0.15, 0.2) is 53.1 Å². The number of benzene rings is 2. The SMILES string of the molecule is CCCN1Cc2nc(CC3CCc4cc(Cl)ccc43)c(-c3nnc(C)o3)c(-c3cc4ccnc(NC)c4s3)c2C1=O.COc1c(F)ccc2c1CCC2. The third-order valence-electron chi connectivity index (χ3n) is 10.5. The first-order valence-electron chi connectivity index (χ1n) is 18.1. The number of anilines is 1. The molecule has 9 nitrogen and oxygen atoms in total. The number of carbonyl (C=O) groups is 1. The van der Waals surface area contributed by atoms with E-state index in [9.17, 15) is 9.18 Å². The normalized spacial score (nSPS) is 15.7. The van der Waals surface area contributed by atoms with E-state index < -0.39 is 0 Å². The zero-order valence-electron chi connectivity index (χ0n) is 30.2. The average Bonchev–Trinajstić information content (AvgIpc) is 4.00. The van der Waals surface area contributed by atoms with E-state index in [0.717, 1.165) is 92.4 Å². The number of nitrogens with one attached hydrogen (secondary N) is 1. The Morgan fingerprint density at radius 3 is 2.72 bits per heavy atom. The first-order chi connectivity index (χ1) is 25.8. The van der Waals surface area contributed by atoms with Crippen molar-refractivity contribution in [1.82, 2.24) is 25.1 Å². The Hall–Kier alpha value is -4.87. The van der Waals surface area contributed by atoms with Crippen LogP contribution in [0.5, 0.6) is 5.75 Å². The van der Waals surface area contributed by atoms with E-state index in [1.54, 1.807) is 24.5 Å². The smallest absolute Gasteiger partial charge is 0.256 e. The standard InChI is InChI=1S/C31H29ClN6O2S.C10H11FO/c1-4-11-38-15-23-26(31(38)39)27(24-14-19-9-10-34-29(33-3)28(19)41-24)25(30-37-36-16(2)40-30)22(35-23)13-18-6-5-17-12-20(32)7-8-21(17)18;1-12-10-8-4-2-3-7(8)5-6-9(10)11/h7-10,12,14,18H,4-6,11,13,15H2,1-3H3,(H,33,34);5-6H,2-4H2,1H3. The second-order valence-corrected chi connectivity index (χ2v) is 15.3. The molecule has 2 aromatic carbocycles. The van der Waals surface area contributed by atoms with Gasteiger partial charge in [-0.05, 0) is 103 Å². The number of fused-ring (bicyclic) bond motifs is 4. The van der Waals surface area contributed by atoms with Crippen molar-refractivity contribution in [3.63, 3.8) is 0 Å². The Kier molecular flexibility index (Phi) is 9.63. The molecule has 1 unspecified atom stereocenters. The van der Waals surface area contributed by atoms with Gasteiger partial charge in [-0.25, -0.2) is 9.37 Å². The van der Waals surface area contributed by atoms with Crippen molar-refractivity contribution < 1.29 is 18.3 Å². The Morgan fingerprint density at radius 1 is 1.08 bits per heavy atom. The van der Waals surface area contributed by atoms with Gasteiger partial charge >= 0.3 is 0 Å². The van der Waals surface area contributed by atoms with Crippen LogP contribution in [-0.2, 0) is 32.2 Å². The number of nitrogens with zero attached hydrogens (tertiary/aromatic N) is 5. The van der Waals surface area contributed by atoms with Crippen molar-refractivity contribution in [3.05, 3.63) is 105 Å². The number of hydrogen-bond donors (Lipinski definition) is 1. The van der Waals surface area contributed by atoms with Gasteiger partial charge in [-0.2, -0.15) is 0 Å². The topological polar surface area (TPSA) is 106 Å². The molecule has 1 atom stereocenters. The Morgan fingerprint density at radius 2 is 1.94 bits per heavy atom. The van der Waals surface area contributed by atoms with Gasteiger partial charge in [0.25, 0.3) is 5.91 Å². The molecule has 0 radical (unpaired) electrons. The molecule has 1 N–H and O–H groups in total. The molecule has 2 aliphatic carbocycles. The number of aryl methyl sites for hydroxylation is 3. The Balaban J connectivity index is 0.000000282. The molecule has 0 bridgehead atoms. The van der Waals surface area contributed by atoms with E-state index in [2.05, 4.69) is 45.6 Å². The lowest BCUT2D eigenvalue weighted by Crippen LogP contribution is -2.24. The minimum absolute atomic E-state index is 0.00124. The second-order valence-electron chi connectivity index (χ2n) is 13.8. The molecule has 3 aliphatic rings. The van der Waals surface area contributed by atoms with E-state index in [1.807, 2.05) is 30.1 Å². The molecule has 0 saturated carbocycles. The zero-order chi connectivity index (χ0) is 36.8. The van der Waals surface area contributed by atoms with Crippen molar-refractivity contribution in [2.45, 2.75) is 71.3 Å². The predicted octanol–water partition coefficient (Wildman–Crippen LogP) is 9.37. The fourth-order valence-electron chi connectivity index (χ4n) is 8.13. The third-order valence-corrected chi connectivity index (χ3v) is 11.9. The minimum atomic E-state index is -0.238. The molecular weight excluding hydrogens is 711 g/mol. The predicted molar refractivity (Wildman–Crippen MR) is 207 cm³/mol. The molecule has 272 valence electrons. The fourth-order valence-corrected chi connectivity index (χ4v) is 9.53. The minimum Gasteiger partial charge on any atom is -0.493 e. The van der Waals surface area contributed by atoms with Crippen LogP contribution in [0.1, 0.15) is 82.0 Å². The summed E-state index contributed by atoms with van der Waals surface area (Å²) in [6.07, 6.45) is 8.49. The van der Waals surface area contributed by atoms with Gasteiger partial charge in [-0.15, -0.1) is 21.5 Å². The van der Waals surface area contributed by atoms with E-state index in [-0.39, 0.29) is 17.6 Å². The van der Waals surface area contributed by atoms with Crippen molar-refractivity contribution in [2.75, 3.05) is 26.0 Å². The largest absolute Gasteiger partial charge is 0.493 e. The van der Waals surface area contributed by atoms with Crippen molar-refractivity contribution >= 4 is 44.7 Å². The van der Waals surface area contributed by atoms with Crippen LogP contribution in [-0.4, -0.2) is 51.7 Å². The number of amides is 1. The molecule has 5 heterocycles. The number of hydrogen-bond acceptors (Lipinski definition) is 9. The summed E-state index contributed by atoms with van der Waals surface area (Å²) in [6, 6.07) is 13.7. The molecular formula is C41H40ClFN6O3S. The zero-order valence-corrected chi connectivity index (χ0v) is 31.8. The highest BCUT2D eigenvalue weighted by atomic mass is 35.5. The fraction of sp³-hybridized carbons (Fsp3) is 0.341. The van der Waals surface area contributed by atoms with Crippen LogP contribution < -0.4 is 10.1 Å². The summed E-state index contributed by atoms with van der Waals surface area (Å²) in [4.78, 5) is 26.5. The van der Waals surface area contributed by atoms with Gasteiger partial charge in [-0.1, -0.05) is 30.7 Å². The van der Waals surface area contributed by atoms with E-state index >= 15 is 0 Å². The number of ether oxygens (including phenoxy) is 1. The highest BCUT2D eigenvalue weighted by Gasteiger charge is 2.37. The summed E-state index contributed by atoms with van der Waals surface area (Å²) in [6.45, 7) is 5.04. The quantitative estimate of drug-likeness (QED) is 0.164. The molecule has 1 aliphatic heterocycles. The number of thiophene rings is 1. The van der Waals surface area contributed by atoms with E-state index in [4.69, 9.17) is 25.7 Å². The maximum Gasteiger partial charge on any atom is 0.256 e. The summed E-state index contributed by atoms with van der Waals surface area (Å²) in [5.41, 5.74) is 8.82. The van der Waals surface area contributed by atoms with E-state index in [1.165, 1.54) is 29.9 Å². The maximum atomic E-state index is 13.9. The van der Waals surface area contributed by atoms with Crippen LogP contribution in [0.3, 0.4) is 0 Å². The molecule has 4 aromatic heterocycles. The summed E-state index contributed by atoms with van der Waals surface area (Å²) in [5, 5.41) is 13.7. The van der Waals surface area contributed by atoms with Gasteiger partial charge in [0.1, 0.15) is 5.82 Å². The van der Waals surface area contributed by atoms with Crippen LogP contribution in [0.4, 0.5) is 10.2 Å². The number of halogens is 2. The number of rotatable bonds is 8. The lowest BCUT2D eigenvalue weighted by atomic mass is 9.90. The van der Waals surface area contributed by atoms with Crippen LogP contribution >= 0.6 is 22.9 Å². The molecule has 9 rings (SSSR count). The lowest BCUT2D eigenvalue weighted by molar-refractivity contribution is 0.0778. The van der Waals surface area contributed by atoms with Crippen LogP contribution in [0.2, 0.25) is 5.02 Å². The average molecular weight is 751 g/mol. The molecule has 6 aromatic rings. The first-order valence-corrected chi connectivity index (χ1v) is 19.3. The third kappa shape index (κ3) is 6.44. The van der Waals surface area contributed by atoms with Crippen LogP contribution in [0, 0.1) is 12.7 Å². The van der Waals surface area contributed by atoms with Gasteiger partial charge in [0, 0.05) is 47.7 Å². The van der Waals surface area contributed by atoms with Gasteiger partial charge < -0.3 is 19.4 Å². The Labute approximate surface area is 316 Å². The van der Waals surface area contributed by atoms with Crippen molar-refractivity contribution in [1.29, 1.82) is 0 Å². The highest BCUT2D eigenvalue weighted by molar-refractivity contribution is 7.23. The van der Waals surface area contributed by atoms with Crippen molar-refractivity contribution in [3.8, 4) is 27.6 Å².